The van der Waals surface area contributed by atoms with Gasteiger partial charge in [0.05, 0.1) is 12.6 Å². The molecule has 5 rings (SSSR count). The number of fused-ring (bicyclic) bond motifs is 1. The van der Waals surface area contributed by atoms with Crippen LogP contribution in [0.5, 0.6) is 5.75 Å². The SMILES string of the molecule is COc1ccc(-c2nc(COC(=O)c3cc4ccccc4nc3N3CCCC3)co2)cc1. The lowest BCUT2D eigenvalue weighted by atomic mass is 10.1. The van der Waals surface area contributed by atoms with Gasteiger partial charge in [0.2, 0.25) is 5.89 Å². The molecule has 7 nitrogen and oxygen atoms in total. The quantitative estimate of drug-likeness (QED) is 0.405. The molecule has 1 fully saturated rings. The minimum Gasteiger partial charge on any atom is -0.497 e. The Morgan fingerprint density at radius 1 is 1.06 bits per heavy atom. The number of esters is 1. The summed E-state index contributed by atoms with van der Waals surface area (Å²) in [5, 5.41) is 0.908. The first-order valence-corrected chi connectivity index (χ1v) is 10.6. The van der Waals surface area contributed by atoms with Crippen molar-refractivity contribution in [3.05, 3.63) is 72.1 Å². The topological polar surface area (TPSA) is 77.7 Å². The van der Waals surface area contributed by atoms with Crippen molar-refractivity contribution < 1.29 is 18.7 Å². The number of para-hydroxylation sites is 1. The maximum absolute atomic E-state index is 13.0. The molecule has 0 spiro atoms. The van der Waals surface area contributed by atoms with E-state index in [0.717, 1.165) is 48.1 Å². The molecule has 3 heterocycles. The van der Waals surface area contributed by atoms with E-state index in [1.807, 2.05) is 54.6 Å². The van der Waals surface area contributed by atoms with Gasteiger partial charge in [-0.1, -0.05) is 18.2 Å². The van der Waals surface area contributed by atoms with E-state index < -0.39 is 5.97 Å². The van der Waals surface area contributed by atoms with Crippen LogP contribution in [0.15, 0.2) is 65.3 Å². The van der Waals surface area contributed by atoms with E-state index in [1.165, 1.54) is 6.26 Å². The molecule has 0 radical (unpaired) electrons. The van der Waals surface area contributed by atoms with Crippen LogP contribution in [0.2, 0.25) is 0 Å². The maximum Gasteiger partial charge on any atom is 0.342 e. The standard InChI is InChI=1S/C25H23N3O4/c1-30-20-10-8-17(9-11-20)24-26-19(15-31-24)16-32-25(29)21-14-18-6-2-3-7-22(18)27-23(21)28-12-4-5-13-28/h2-3,6-11,14-15H,4-5,12-13,16H2,1H3. The summed E-state index contributed by atoms with van der Waals surface area (Å²) in [6.07, 6.45) is 3.69. The van der Waals surface area contributed by atoms with E-state index in [1.54, 1.807) is 7.11 Å². The highest BCUT2D eigenvalue weighted by Gasteiger charge is 2.23. The first-order chi connectivity index (χ1) is 15.7. The molecule has 0 bridgehead atoms. The molecule has 0 aliphatic carbocycles. The van der Waals surface area contributed by atoms with Crippen molar-refractivity contribution in [2.75, 3.05) is 25.1 Å². The lowest BCUT2D eigenvalue weighted by Gasteiger charge is -2.20. The van der Waals surface area contributed by atoms with E-state index in [0.29, 0.717) is 23.0 Å². The highest BCUT2D eigenvalue weighted by molar-refractivity contribution is 5.99. The molecule has 2 aromatic carbocycles. The Labute approximate surface area is 185 Å². The van der Waals surface area contributed by atoms with Crippen LogP contribution < -0.4 is 9.64 Å². The minimum atomic E-state index is -0.417. The zero-order chi connectivity index (χ0) is 21.9. The summed E-state index contributed by atoms with van der Waals surface area (Å²) in [6, 6.07) is 17.1. The Morgan fingerprint density at radius 3 is 2.62 bits per heavy atom. The molecule has 1 aliphatic heterocycles. The molecule has 0 amide bonds. The van der Waals surface area contributed by atoms with Crippen molar-refractivity contribution in [3.63, 3.8) is 0 Å². The molecule has 0 N–H and O–H groups in total. The largest absolute Gasteiger partial charge is 0.497 e. The number of oxazole rings is 1. The van der Waals surface area contributed by atoms with Crippen molar-refractivity contribution in [1.29, 1.82) is 0 Å². The average molecular weight is 429 g/mol. The summed E-state index contributed by atoms with van der Waals surface area (Å²) in [4.78, 5) is 24.4. The van der Waals surface area contributed by atoms with Crippen LogP contribution >= 0.6 is 0 Å². The molecule has 4 aromatic rings. The Hall–Kier alpha value is -3.87. The summed E-state index contributed by atoms with van der Waals surface area (Å²) in [5.41, 5.74) is 2.70. The highest BCUT2D eigenvalue weighted by atomic mass is 16.5. The monoisotopic (exact) mass is 429 g/mol. The van der Waals surface area contributed by atoms with Crippen LogP contribution in [0.4, 0.5) is 5.82 Å². The van der Waals surface area contributed by atoms with Gasteiger partial charge in [-0.3, -0.25) is 0 Å². The number of benzene rings is 2. The summed E-state index contributed by atoms with van der Waals surface area (Å²) in [6.45, 7) is 1.80. The van der Waals surface area contributed by atoms with Gasteiger partial charge in [-0.05, 0) is 49.2 Å². The minimum absolute atomic E-state index is 0.0186. The molecular weight excluding hydrogens is 406 g/mol. The second kappa shape index (κ2) is 8.70. The van der Waals surface area contributed by atoms with Crippen molar-refractivity contribution in [3.8, 4) is 17.2 Å². The number of pyridine rings is 1. The number of aromatic nitrogens is 2. The smallest absolute Gasteiger partial charge is 0.342 e. The van der Waals surface area contributed by atoms with Gasteiger partial charge in [0.1, 0.15) is 35.7 Å². The van der Waals surface area contributed by atoms with Crippen molar-refractivity contribution in [2.45, 2.75) is 19.4 Å². The van der Waals surface area contributed by atoms with Crippen molar-refractivity contribution in [2.24, 2.45) is 0 Å². The number of methoxy groups -OCH3 is 1. The fourth-order valence-corrected chi connectivity index (χ4v) is 3.88. The Morgan fingerprint density at radius 2 is 1.84 bits per heavy atom. The lowest BCUT2D eigenvalue weighted by Crippen LogP contribution is -2.23. The van der Waals surface area contributed by atoms with Gasteiger partial charge in [0.25, 0.3) is 0 Å². The zero-order valence-electron chi connectivity index (χ0n) is 17.8. The van der Waals surface area contributed by atoms with E-state index in [-0.39, 0.29) is 6.61 Å². The van der Waals surface area contributed by atoms with E-state index in [4.69, 9.17) is 18.9 Å². The number of carbonyl (C=O) groups is 1. The predicted octanol–water partition coefficient (Wildman–Crippen LogP) is 4.86. The highest BCUT2D eigenvalue weighted by Crippen LogP contribution is 2.28. The second-order valence-electron chi connectivity index (χ2n) is 7.70. The summed E-state index contributed by atoms with van der Waals surface area (Å²) >= 11 is 0. The molecule has 0 unspecified atom stereocenters. The third-order valence-electron chi connectivity index (χ3n) is 5.57. The Bertz CT molecular complexity index is 1240. The molecule has 0 saturated carbocycles. The normalized spacial score (nSPS) is 13.5. The summed E-state index contributed by atoms with van der Waals surface area (Å²) in [5.74, 6) is 1.49. The molecule has 7 heteroatoms. The third-order valence-corrected chi connectivity index (χ3v) is 5.57. The first-order valence-electron chi connectivity index (χ1n) is 10.6. The predicted molar refractivity (Wildman–Crippen MR) is 121 cm³/mol. The molecule has 1 aliphatic rings. The third kappa shape index (κ3) is 4.01. The van der Waals surface area contributed by atoms with Gasteiger partial charge < -0.3 is 18.8 Å². The van der Waals surface area contributed by atoms with Crippen LogP contribution in [-0.2, 0) is 11.3 Å². The van der Waals surface area contributed by atoms with Crippen LogP contribution in [0.3, 0.4) is 0 Å². The number of hydrogen-bond acceptors (Lipinski definition) is 7. The number of carbonyl (C=O) groups excluding carboxylic acids is 1. The fourth-order valence-electron chi connectivity index (χ4n) is 3.88. The summed E-state index contributed by atoms with van der Waals surface area (Å²) in [7, 11) is 1.62. The second-order valence-corrected chi connectivity index (χ2v) is 7.70. The number of nitrogens with zero attached hydrogens (tertiary/aromatic N) is 3. The van der Waals surface area contributed by atoms with Gasteiger partial charge in [0.15, 0.2) is 0 Å². The van der Waals surface area contributed by atoms with Crippen LogP contribution in [0.25, 0.3) is 22.4 Å². The number of ether oxygens (including phenoxy) is 2. The Balaban J connectivity index is 1.35. The van der Waals surface area contributed by atoms with Crippen LogP contribution in [-0.4, -0.2) is 36.1 Å². The number of rotatable bonds is 6. The summed E-state index contributed by atoms with van der Waals surface area (Å²) < 4.78 is 16.3. The van der Waals surface area contributed by atoms with Gasteiger partial charge in [-0.15, -0.1) is 0 Å². The maximum atomic E-state index is 13.0. The van der Waals surface area contributed by atoms with Gasteiger partial charge in [-0.25, -0.2) is 14.8 Å². The van der Waals surface area contributed by atoms with Crippen LogP contribution in [0.1, 0.15) is 28.9 Å². The number of anilines is 1. The zero-order valence-corrected chi connectivity index (χ0v) is 17.8. The molecule has 1 saturated heterocycles. The van der Waals surface area contributed by atoms with Crippen molar-refractivity contribution >= 4 is 22.7 Å². The lowest BCUT2D eigenvalue weighted by molar-refractivity contribution is 0.0468. The van der Waals surface area contributed by atoms with E-state index in [2.05, 4.69) is 9.88 Å². The fraction of sp³-hybridized carbons (Fsp3) is 0.240. The van der Waals surface area contributed by atoms with E-state index in [9.17, 15) is 4.79 Å². The molecular formula is C25H23N3O4. The van der Waals surface area contributed by atoms with Crippen molar-refractivity contribution in [1.82, 2.24) is 9.97 Å². The van der Waals surface area contributed by atoms with Gasteiger partial charge >= 0.3 is 5.97 Å². The number of hydrogen-bond donors (Lipinski definition) is 0. The average Bonchev–Trinajstić information content (AvgIpc) is 3.54. The molecule has 162 valence electrons. The van der Waals surface area contributed by atoms with Gasteiger partial charge in [0, 0.05) is 24.0 Å². The molecule has 0 atom stereocenters. The van der Waals surface area contributed by atoms with E-state index >= 15 is 0 Å². The molecule has 32 heavy (non-hydrogen) atoms. The van der Waals surface area contributed by atoms with Crippen LogP contribution in [0, 0.1) is 0 Å². The Kier molecular flexibility index (Phi) is 5.46. The molecule has 2 aromatic heterocycles. The van der Waals surface area contributed by atoms with Gasteiger partial charge in [-0.2, -0.15) is 0 Å². The first kappa shape index (κ1) is 20.1.